The van der Waals surface area contributed by atoms with Crippen molar-refractivity contribution in [2.24, 2.45) is 0 Å². The molecule has 1 fully saturated rings. The minimum atomic E-state index is -1.19. The molecule has 0 spiro atoms. The van der Waals surface area contributed by atoms with Crippen LogP contribution in [0.1, 0.15) is 36.5 Å². The first kappa shape index (κ1) is 16.8. The SMILES string of the molecule is CC1(C(=O)O)CCCCN1C(=O)c1cc(Cl)cc(Cl)c1I. The van der Waals surface area contributed by atoms with E-state index in [0.29, 0.717) is 32.1 Å². The van der Waals surface area contributed by atoms with Gasteiger partial charge < -0.3 is 10.0 Å². The third kappa shape index (κ3) is 3.14. The number of piperidine rings is 1. The van der Waals surface area contributed by atoms with Gasteiger partial charge in [0.2, 0.25) is 0 Å². The molecular weight excluding hydrogens is 428 g/mol. The monoisotopic (exact) mass is 441 g/mol. The van der Waals surface area contributed by atoms with Crippen molar-refractivity contribution in [2.75, 3.05) is 6.54 Å². The Labute approximate surface area is 146 Å². The summed E-state index contributed by atoms with van der Waals surface area (Å²) in [6.45, 7) is 2.01. The summed E-state index contributed by atoms with van der Waals surface area (Å²) < 4.78 is 0.585. The molecule has 1 aromatic rings. The zero-order valence-corrected chi connectivity index (χ0v) is 15.0. The number of benzene rings is 1. The van der Waals surface area contributed by atoms with Gasteiger partial charge >= 0.3 is 5.97 Å². The summed E-state index contributed by atoms with van der Waals surface area (Å²) in [5, 5.41) is 10.2. The third-order valence-corrected chi connectivity index (χ3v) is 5.82. The maximum absolute atomic E-state index is 12.8. The number of likely N-dealkylation sites (tertiary alicyclic amines) is 1. The fraction of sp³-hybridized carbons (Fsp3) is 0.429. The number of amides is 1. The largest absolute Gasteiger partial charge is 0.480 e. The molecule has 0 bridgehead atoms. The van der Waals surface area contributed by atoms with Crippen LogP contribution >= 0.6 is 45.8 Å². The summed E-state index contributed by atoms with van der Waals surface area (Å²) in [6, 6.07) is 3.10. The Hall–Kier alpha value is -0.530. The van der Waals surface area contributed by atoms with Crippen LogP contribution in [0.25, 0.3) is 0 Å². The Morgan fingerprint density at radius 2 is 2.00 bits per heavy atom. The molecule has 1 aliphatic rings. The smallest absolute Gasteiger partial charge is 0.329 e. The van der Waals surface area contributed by atoms with Gasteiger partial charge in [0.05, 0.1) is 10.6 Å². The second kappa shape index (κ2) is 6.30. The maximum Gasteiger partial charge on any atom is 0.329 e. The highest BCUT2D eigenvalue weighted by molar-refractivity contribution is 14.1. The molecular formula is C14H14Cl2INO3. The van der Waals surface area contributed by atoms with Crippen molar-refractivity contribution in [1.82, 2.24) is 4.90 Å². The van der Waals surface area contributed by atoms with Crippen LogP contribution < -0.4 is 0 Å². The van der Waals surface area contributed by atoms with Crippen LogP contribution in [-0.2, 0) is 4.79 Å². The van der Waals surface area contributed by atoms with Crippen molar-refractivity contribution >= 4 is 57.7 Å². The molecule has 1 unspecified atom stereocenters. The van der Waals surface area contributed by atoms with E-state index in [4.69, 9.17) is 23.2 Å². The summed E-state index contributed by atoms with van der Waals surface area (Å²) in [5.74, 6) is -1.33. The van der Waals surface area contributed by atoms with Crippen LogP contribution in [-0.4, -0.2) is 34.0 Å². The van der Waals surface area contributed by atoms with Crippen LogP contribution in [0, 0.1) is 3.57 Å². The molecule has 1 atom stereocenters. The number of carboxylic acids is 1. The van der Waals surface area contributed by atoms with E-state index >= 15 is 0 Å². The Bertz CT molecular complexity index is 608. The van der Waals surface area contributed by atoms with Crippen molar-refractivity contribution in [3.05, 3.63) is 31.3 Å². The van der Waals surface area contributed by atoms with E-state index in [1.54, 1.807) is 13.0 Å². The lowest BCUT2D eigenvalue weighted by Gasteiger charge is -2.41. The van der Waals surface area contributed by atoms with E-state index in [2.05, 4.69) is 0 Å². The Balaban J connectivity index is 2.45. The Kier molecular flexibility index (Phi) is 5.05. The average molecular weight is 442 g/mol. The quantitative estimate of drug-likeness (QED) is 0.556. The molecule has 1 aliphatic heterocycles. The van der Waals surface area contributed by atoms with E-state index in [1.165, 1.54) is 11.0 Å². The van der Waals surface area contributed by atoms with Gasteiger partial charge in [0, 0.05) is 15.1 Å². The molecule has 1 heterocycles. The second-order valence-electron chi connectivity index (χ2n) is 5.24. The minimum Gasteiger partial charge on any atom is -0.480 e. The number of nitrogens with zero attached hydrogens (tertiary/aromatic N) is 1. The number of hydrogen-bond donors (Lipinski definition) is 1. The molecule has 1 aromatic carbocycles. The lowest BCUT2D eigenvalue weighted by Crippen LogP contribution is -2.57. The minimum absolute atomic E-state index is 0.339. The molecule has 1 N–H and O–H groups in total. The lowest BCUT2D eigenvalue weighted by atomic mass is 9.88. The summed E-state index contributed by atoms with van der Waals surface area (Å²) in [5.41, 5.74) is -0.838. The van der Waals surface area contributed by atoms with Gasteiger partial charge in [-0.1, -0.05) is 23.2 Å². The fourth-order valence-corrected chi connectivity index (χ4v) is 3.56. The number of rotatable bonds is 2. The summed E-state index contributed by atoms with van der Waals surface area (Å²) in [7, 11) is 0. The number of halogens is 3. The standard InChI is InChI=1S/C14H14Cl2INO3/c1-14(13(20)21)4-2-3-5-18(14)12(19)9-6-8(15)7-10(16)11(9)17/h6-7H,2-5H2,1H3,(H,20,21). The molecule has 0 aliphatic carbocycles. The molecule has 1 amide bonds. The number of carbonyl (C=O) groups is 2. The molecule has 4 nitrogen and oxygen atoms in total. The zero-order chi connectivity index (χ0) is 15.8. The van der Waals surface area contributed by atoms with Crippen molar-refractivity contribution in [2.45, 2.75) is 31.7 Å². The highest BCUT2D eigenvalue weighted by atomic mass is 127. The summed E-state index contributed by atoms with van der Waals surface area (Å²) in [4.78, 5) is 25.8. The molecule has 114 valence electrons. The van der Waals surface area contributed by atoms with Gasteiger partial charge in [0.25, 0.3) is 5.91 Å². The van der Waals surface area contributed by atoms with E-state index in [1.807, 2.05) is 22.6 Å². The number of hydrogen-bond acceptors (Lipinski definition) is 2. The van der Waals surface area contributed by atoms with E-state index in [9.17, 15) is 14.7 Å². The van der Waals surface area contributed by atoms with Gasteiger partial charge in [-0.15, -0.1) is 0 Å². The number of carboxylic acid groups (broad SMARTS) is 1. The number of carbonyl (C=O) groups excluding carboxylic acids is 1. The molecule has 21 heavy (non-hydrogen) atoms. The van der Waals surface area contributed by atoms with Crippen LogP contribution in [0.15, 0.2) is 12.1 Å². The van der Waals surface area contributed by atoms with E-state index < -0.39 is 11.5 Å². The predicted octanol–water partition coefficient (Wildman–Crippen LogP) is 4.07. The normalized spacial score (nSPS) is 22.2. The molecule has 7 heteroatoms. The second-order valence-corrected chi connectivity index (χ2v) is 7.16. The van der Waals surface area contributed by atoms with Crippen molar-refractivity contribution in [3.8, 4) is 0 Å². The average Bonchev–Trinajstić information content (AvgIpc) is 2.42. The molecule has 2 rings (SSSR count). The number of aliphatic carboxylic acids is 1. The van der Waals surface area contributed by atoms with E-state index in [-0.39, 0.29) is 5.91 Å². The summed E-state index contributed by atoms with van der Waals surface area (Å²) in [6.07, 6.45) is 2.03. The highest BCUT2D eigenvalue weighted by Crippen LogP contribution is 2.33. The van der Waals surface area contributed by atoms with Crippen molar-refractivity contribution < 1.29 is 14.7 Å². The first-order chi connectivity index (χ1) is 9.77. The summed E-state index contributed by atoms with van der Waals surface area (Å²) >= 11 is 14.0. The molecule has 0 aromatic heterocycles. The first-order valence-corrected chi connectivity index (χ1v) is 8.31. The molecule has 1 saturated heterocycles. The van der Waals surface area contributed by atoms with E-state index in [0.717, 1.165) is 12.8 Å². The van der Waals surface area contributed by atoms with Crippen LogP contribution in [0.2, 0.25) is 10.0 Å². The maximum atomic E-state index is 12.8. The Morgan fingerprint density at radius 3 is 2.62 bits per heavy atom. The molecule has 0 radical (unpaired) electrons. The van der Waals surface area contributed by atoms with Crippen LogP contribution in [0.4, 0.5) is 0 Å². The van der Waals surface area contributed by atoms with Gasteiger partial charge in [0.15, 0.2) is 0 Å². The predicted molar refractivity (Wildman–Crippen MR) is 90.1 cm³/mol. The first-order valence-electron chi connectivity index (χ1n) is 6.47. The van der Waals surface area contributed by atoms with Gasteiger partial charge in [-0.2, -0.15) is 0 Å². The highest BCUT2D eigenvalue weighted by Gasteiger charge is 2.44. The van der Waals surface area contributed by atoms with Gasteiger partial charge in [-0.05, 0) is 60.9 Å². The fourth-order valence-electron chi connectivity index (χ4n) is 2.53. The van der Waals surface area contributed by atoms with Gasteiger partial charge in [-0.25, -0.2) is 4.79 Å². The molecule has 0 saturated carbocycles. The Morgan fingerprint density at radius 1 is 1.33 bits per heavy atom. The topological polar surface area (TPSA) is 57.6 Å². The van der Waals surface area contributed by atoms with Crippen molar-refractivity contribution in [3.63, 3.8) is 0 Å². The van der Waals surface area contributed by atoms with Crippen LogP contribution in [0.3, 0.4) is 0 Å². The van der Waals surface area contributed by atoms with Gasteiger partial charge in [0.1, 0.15) is 5.54 Å². The zero-order valence-electron chi connectivity index (χ0n) is 11.3. The van der Waals surface area contributed by atoms with Crippen LogP contribution in [0.5, 0.6) is 0 Å². The van der Waals surface area contributed by atoms with Gasteiger partial charge in [-0.3, -0.25) is 4.79 Å². The van der Waals surface area contributed by atoms with Crippen molar-refractivity contribution in [1.29, 1.82) is 0 Å². The lowest BCUT2D eigenvalue weighted by molar-refractivity contribution is -0.150. The third-order valence-electron chi connectivity index (χ3n) is 3.82.